The maximum absolute atomic E-state index is 12.6. The van der Waals surface area contributed by atoms with E-state index in [0.717, 1.165) is 0 Å². The summed E-state index contributed by atoms with van der Waals surface area (Å²) in [7, 11) is -3.83. The Labute approximate surface area is 156 Å². The van der Waals surface area contributed by atoms with Gasteiger partial charge in [0.1, 0.15) is 0 Å². The van der Waals surface area contributed by atoms with E-state index < -0.39 is 16.0 Å². The number of carbonyl (C=O) groups is 1. The number of aliphatic carboxylic acids is 1. The third kappa shape index (κ3) is 4.73. The molecular formula is C19H18N2O5S. The predicted molar refractivity (Wildman–Crippen MR) is 99.8 cm³/mol. The summed E-state index contributed by atoms with van der Waals surface area (Å²) in [6.45, 7) is 0. The molecule has 2 N–H and O–H groups in total. The van der Waals surface area contributed by atoms with Crippen molar-refractivity contribution in [3.63, 3.8) is 0 Å². The van der Waals surface area contributed by atoms with Gasteiger partial charge in [-0.05, 0) is 18.6 Å². The highest BCUT2D eigenvalue weighted by atomic mass is 32.2. The molecule has 0 aliphatic heterocycles. The monoisotopic (exact) mass is 386 g/mol. The molecule has 0 spiro atoms. The molecule has 3 aromatic rings. The van der Waals surface area contributed by atoms with E-state index in [-0.39, 0.29) is 23.0 Å². The summed E-state index contributed by atoms with van der Waals surface area (Å²) in [5, 5.41) is 8.77. The van der Waals surface area contributed by atoms with Crippen LogP contribution in [0.2, 0.25) is 0 Å². The van der Waals surface area contributed by atoms with E-state index in [1.807, 2.05) is 6.07 Å². The van der Waals surface area contributed by atoms with Gasteiger partial charge in [0.05, 0.1) is 4.90 Å². The van der Waals surface area contributed by atoms with Crippen molar-refractivity contribution in [3.05, 3.63) is 66.6 Å². The largest absolute Gasteiger partial charge is 0.481 e. The zero-order chi connectivity index (χ0) is 19.3. The van der Waals surface area contributed by atoms with Gasteiger partial charge in [-0.15, -0.1) is 0 Å². The fourth-order valence-corrected chi connectivity index (χ4v) is 3.53. The maximum atomic E-state index is 12.6. The first-order valence-corrected chi connectivity index (χ1v) is 9.79. The SMILES string of the molecule is O=C(O)CCCc1nc(NS(=O)(=O)c2ccccc2)c(-c2ccccc2)o1. The van der Waals surface area contributed by atoms with Crippen LogP contribution in [0.1, 0.15) is 18.7 Å². The van der Waals surface area contributed by atoms with Crippen LogP contribution in [0.3, 0.4) is 0 Å². The first kappa shape index (κ1) is 18.7. The Morgan fingerprint density at radius 2 is 1.67 bits per heavy atom. The molecule has 0 aliphatic carbocycles. The second-order valence-electron chi connectivity index (χ2n) is 5.82. The summed E-state index contributed by atoms with van der Waals surface area (Å²) >= 11 is 0. The Bertz CT molecular complexity index is 1010. The van der Waals surface area contributed by atoms with Gasteiger partial charge in [0, 0.05) is 18.4 Å². The Morgan fingerprint density at radius 3 is 2.30 bits per heavy atom. The van der Waals surface area contributed by atoms with Gasteiger partial charge in [-0.3, -0.25) is 9.52 Å². The zero-order valence-electron chi connectivity index (χ0n) is 14.3. The van der Waals surface area contributed by atoms with Crippen LogP contribution in [0.4, 0.5) is 5.82 Å². The molecule has 140 valence electrons. The van der Waals surface area contributed by atoms with Gasteiger partial charge < -0.3 is 9.52 Å². The minimum atomic E-state index is -3.83. The van der Waals surface area contributed by atoms with Crippen LogP contribution < -0.4 is 4.72 Å². The van der Waals surface area contributed by atoms with E-state index in [1.165, 1.54) is 12.1 Å². The number of anilines is 1. The molecule has 0 atom stereocenters. The van der Waals surface area contributed by atoms with E-state index in [2.05, 4.69) is 9.71 Å². The number of benzene rings is 2. The third-order valence-electron chi connectivity index (χ3n) is 3.77. The highest BCUT2D eigenvalue weighted by molar-refractivity contribution is 7.92. The van der Waals surface area contributed by atoms with E-state index in [1.54, 1.807) is 42.5 Å². The number of aryl methyl sites for hydroxylation is 1. The molecule has 1 heterocycles. The molecule has 1 aromatic heterocycles. The maximum Gasteiger partial charge on any atom is 0.303 e. The zero-order valence-corrected chi connectivity index (χ0v) is 15.1. The molecule has 0 unspecified atom stereocenters. The molecule has 0 radical (unpaired) electrons. The Kier molecular flexibility index (Phi) is 5.56. The average Bonchev–Trinajstić information content (AvgIpc) is 3.05. The molecule has 0 saturated carbocycles. The Hall–Kier alpha value is -3.13. The molecule has 2 aromatic carbocycles. The van der Waals surface area contributed by atoms with Crippen LogP contribution in [0, 0.1) is 0 Å². The second-order valence-corrected chi connectivity index (χ2v) is 7.50. The van der Waals surface area contributed by atoms with E-state index in [9.17, 15) is 13.2 Å². The van der Waals surface area contributed by atoms with Crippen molar-refractivity contribution < 1.29 is 22.7 Å². The van der Waals surface area contributed by atoms with E-state index in [4.69, 9.17) is 9.52 Å². The second kappa shape index (κ2) is 8.05. The van der Waals surface area contributed by atoms with Gasteiger partial charge in [-0.1, -0.05) is 48.5 Å². The average molecular weight is 386 g/mol. The molecule has 0 fully saturated rings. The number of aromatic nitrogens is 1. The van der Waals surface area contributed by atoms with Gasteiger partial charge >= 0.3 is 5.97 Å². The van der Waals surface area contributed by atoms with Crippen LogP contribution in [-0.2, 0) is 21.2 Å². The minimum absolute atomic E-state index is 0.0197. The number of rotatable bonds is 8. The number of sulfonamides is 1. The number of nitrogens with one attached hydrogen (secondary N) is 1. The van der Waals surface area contributed by atoms with Crippen molar-refractivity contribution in [2.75, 3.05) is 4.72 Å². The Morgan fingerprint density at radius 1 is 1.04 bits per heavy atom. The van der Waals surface area contributed by atoms with Crippen molar-refractivity contribution in [3.8, 4) is 11.3 Å². The molecule has 8 heteroatoms. The standard InChI is InChI=1S/C19H18N2O5S/c22-17(23)13-7-12-16-20-19(18(26-16)14-8-3-1-4-9-14)21-27(24,25)15-10-5-2-6-11-15/h1-6,8-11,21H,7,12-13H2,(H,22,23). The number of carboxylic acids is 1. The summed E-state index contributed by atoms with van der Waals surface area (Å²) < 4.78 is 33.5. The summed E-state index contributed by atoms with van der Waals surface area (Å²) in [5.74, 6) is -0.258. The summed E-state index contributed by atoms with van der Waals surface area (Å²) in [6.07, 6.45) is 0.613. The van der Waals surface area contributed by atoms with Gasteiger partial charge in [-0.2, -0.15) is 4.98 Å². The molecule has 0 saturated heterocycles. The first-order chi connectivity index (χ1) is 13.0. The van der Waals surface area contributed by atoms with Crippen LogP contribution in [-0.4, -0.2) is 24.5 Å². The van der Waals surface area contributed by atoms with Crippen molar-refractivity contribution in [2.45, 2.75) is 24.2 Å². The predicted octanol–water partition coefficient (Wildman–Crippen LogP) is 3.55. The lowest BCUT2D eigenvalue weighted by Crippen LogP contribution is -2.13. The van der Waals surface area contributed by atoms with Crippen molar-refractivity contribution in [1.29, 1.82) is 0 Å². The fourth-order valence-electron chi connectivity index (χ4n) is 2.50. The van der Waals surface area contributed by atoms with Crippen molar-refractivity contribution in [1.82, 2.24) is 4.98 Å². The number of hydrogen-bond acceptors (Lipinski definition) is 5. The highest BCUT2D eigenvalue weighted by Crippen LogP contribution is 2.31. The van der Waals surface area contributed by atoms with Gasteiger partial charge in [0.2, 0.25) is 0 Å². The van der Waals surface area contributed by atoms with Crippen LogP contribution in [0.25, 0.3) is 11.3 Å². The van der Waals surface area contributed by atoms with Gasteiger partial charge in [0.25, 0.3) is 10.0 Å². The molecule has 0 bridgehead atoms. The number of hydrogen-bond donors (Lipinski definition) is 2. The molecular weight excluding hydrogens is 368 g/mol. The summed E-state index contributed by atoms with van der Waals surface area (Å²) in [6, 6.07) is 17.0. The normalized spacial score (nSPS) is 11.3. The minimum Gasteiger partial charge on any atom is -0.481 e. The Balaban J connectivity index is 1.92. The number of nitrogens with zero attached hydrogens (tertiary/aromatic N) is 1. The van der Waals surface area contributed by atoms with Crippen molar-refractivity contribution in [2.24, 2.45) is 0 Å². The van der Waals surface area contributed by atoms with Crippen molar-refractivity contribution >= 4 is 21.8 Å². The molecule has 0 amide bonds. The van der Waals surface area contributed by atoms with Crippen LogP contribution >= 0.6 is 0 Å². The highest BCUT2D eigenvalue weighted by Gasteiger charge is 2.21. The number of carboxylic acid groups (broad SMARTS) is 1. The number of oxazole rings is 1. The van der Waals surface area contributed by atoms with Crippen LogP contribution in [0.15, 0.2) is 70.0 Å². The lowest BCUT2D eigenvalue weighted by atomic mass is 10.2. The summed E-state index contributed by atoms with van der Waals surface area (Å²) in [5.41, 5.74) is 0.667. The quantitative estimate of drug-likeness (QED) is 0.613. The molecule has 27 heavy (non-hydrogen) atoms. The fraction of sp³-hybridized carbons (Fsp3) is 0.158. The van der Waals surface area contributed by atoms with Gasteiger partial charge in [-0.25, -0.2) is 8.42 Å². The molecule has 0 aliphatic rings. The first-order valence-electron chi connectivity index (χ1n) is 8.30. The molecule has 3 rings (SSSR count). The van der Waals surface area contributed by atoms with Crippen LogP contribution in [0.5, 0.6) is 0 Å². The lowest BCUT2D eigenvalue weighted by molar-refractivity contribution is -0.137. The lowest BCUT2D eigenvalue weighted by Gasteiger charge is -2.06. The smallest absolute Gasteiger partial charge is 0.303 e. The third-order valence-corrected chi connectivity index (χ3v) is 5.13. The van der Waals surface area contributed by atoms with E-state index in [0.29, 0.717) is 24.2 Å². The topological polar surface area (TPSA) is 109 Å². The summed E-state index contributed by atoms with van der Waals surface area (Å²) in [4.78, 5) is 15.0. The van der Waals surface area contributed by atoms with E-state index >= 15 is 0 Å². The molecule has 7 nitrogen and oxygen atoms in total. The van der Waals surface area contributed by atoms with Gasteiger partial charge in [0.15, 0.2) is 17.5 Å².